The summed E-state index contributed by atoms with van der Waals surface area (Å²) in [5.74, 6) is -0.402. The Labute approximate surface area is 86.3 Å². The third kappa shape index (κ3) is 1.23. The summed E-state index contributed by atoms with van der Waals surface area (Å²) in [6, 6.07) is 1.09. The third-order valence-electron chi connectivity index (χ3n) is 2.80. The number of amides is 1. The van der Waals surface area contributed by atoms with Crippen molar-refractivity contribution in [1.82, 2.24) is 9.88 Å². The molecule has 2 heterocycles. The molecule has 2 N–H and O–H groups in total. The van der Waals surface area contributed by atoms with Crippen LogP contribution in [-0.2, 0) is 0 Å². The zero-order valence-electron chi connectivity index (χ0n) is 8.57. The fourth-order valence-electron chi connectivity index (χ4n) is 2.07. The van der Waals surface area contributed by atoms with Gasteiger partial charge in [-0.25, -0.2) is 0 Å². The Kier molecular flexibility index (Phi) is 2.03. The van der Waals surface area contributed by atoms with Crippen LogP contribution in [0.25, 0.3) is 0 Å². The Morgan fingerprint density at radius 3 is 2.80 bits per heavy atom. The van der Waals surface area contributed by atoms with Crippen molar-refractivity contribution in [3.05, 3.63) is 27.5 Å². The number of nitrogens with one attached hydrogen (secondary N) is 1. The lowest BCUT2D eigenvalue weighted by molar-refractivity contribution is 0.0771. The zero-order chi connectivity index (χ0) is 11.2. The molecule has 0 unspecified atom stereocenters. The Bertz CT molecular complexity index is 478. The van der Waals surface area contributed by atoms with Gasteiger partial charge in [-0.2, -0.15) is 0 Å². The number of carbonyl (C=O) groups excluding carboxylic acids is 1. The van der Waals surface area contributed by atoms with Crippen molar-refractivity contribution < 1.29 is 9.90 Å². The highest BCUT2D eigenvalue weighted by Crippen LogP contribution is 2.37. The largest absolute Gasteiger partial charge is 0.494 e. The molecule has 1 atom stereocenters. The van der Waals surface area contributed by atoms with Gasteiger partial charge in [0.2, 0.25) is 0 Å². The summed E-state index contributed by atoms with van der Waals surface area (Å²) >= 11 is 0. The van der Waals surface area contributed by atoms with E-state index in [4.69, 9.17) is 0 Å². The highest BCUT2D eigenvalue weighted by Gasteiger charge is 2.36. The molecule has 5 heteroatoms. The van der Waals surface area contributed by atoms with Gasteiger partial charge < -0.3 is 10.0 Å². The highest BCUT2D eigenvalue weighted by atomic mass is 16.3. The fraction of sp³-hybridized carbons (Fsp3) is 0.400. The summed E-state index contributed by atoms with van der Waals surface area (Å²) in [4.78, 5) is 26.7. The second-order valence-corrected chi connectivity index (χ2v) is 3.65. The predicted octanol–water partition coefficient (Wildman–Crippen LogP) is 0.617. The molecular weight excluding hydrogens is 196 g/mol. The number of hydrogen-bond donors (Lipinski definition) is 2. The van der Waals surface area contributed by atoms with E-state index in [0.717, 1.165) is 0 Å². The van der Waals surface area contributed by atoms with Crippen LogP contribution < -0.4 is 5.56 Å². The maximum atomic E-state index is 11.7. The minimum Gasteiger partial charge on any atom is -0.494 e. The SMILES string of the molecule is CC[C@H]1c2c(cc(=O)[nH]c2O)C(=O)N1C. The second kappa shape index (κ2) is 3.12. The number of aromatic nitrogens is 1. The van der Waals surface area contributed by atoms with E-state index < -0.39 is 5.56 Å². The average molecular weight is 208 g/mol. The van der Waals surface area contributed by atoms with Crippen LogP contribution in [0.4, 0.5) is 0 Å². The lowest BCUT2D eigenvalue weighted by Crippen LogP contribution is -2.22. The molecule has 0 spiro atoms. The monoisotopic (exact) mass is 208 g/mol. The van der Waals surface area contributed by atoms with Crippen LogP contribution >= 0.6 is 0 Å². The van der Waals surface area contributed by atoms with E-state index in [0.29, 0.717) is 17.5 Å². The first-order chi connectivity index (χ1) is 7.06. The maximum absolute atomic E-state index is 11.7. The molecule has 80 valence electrons. The van der Waals surface area contributed by atoms with Crippen molar-refractivity contribution in [2.75, 3.05) is 7.05 Å². The van der Waals surface area contributed by atoms with Gasteiger partial charge in [-0.3, -0.25) is 14.6 Å². The highest BCUT2D eigenvalue weighted by molar-refractivity contribution is 5.99. The Morgan fingerprint density at radius 1 is 1.53 bits per heavy atom. The van der Waals surface area contributed by atoms with Gasteiger partial charge in [0.25, 0.3) is 11.5 Å². The van der Waals surface area contributed by atoms with E-state index in [1.54, 1.807) is 7.05 Å². The minimum absolute atomic E-state index is 0.149. The molecule has 0 saturated heterocycles. The van der Waals surface area contributed by atoms with E-state index in [1.165, 1.54) is 11.0 Å². The van der Waals surface area contributed by atoms with E-state index >= 15 is 0 Å². The van der Waals surface area contributed by atoms with Crippen molar-refractivity contribution >= 4 is 5.91 Å². The van der Waals surface area contributed by atoms with Gasteiger partial charge in [-0.1, -0.05) is 6.92 Å². The van der Waals surface area contributed by atoms with Crippen molar-refractivity contribution in [2.24, 2.45) is 0 Å². The Balaban J connectivity index is 2.70. The first kappa shape index (κ1) is 9.76. The molecule has 1 aliphatic rings. The van der Waals surface area contributed by atoms with E-state index in [-0.39, 0.29) is 17.8 Å². The summed E-state index contributed by atoms with van der Waals surface area (Å²) in [5, 5.41) is 9.61. The molecule has 0 fully saturated rings. The summed E-state index contributed by atoms with van der Waals surface area (Å²) in [5.41, 5.74) is 0.389. The molecule has 0 aliphatic carbocycles. The van der Waals surface area contributed by atoms with Gasteiger partial charge in [-0.15, -0.1) is 0 Å². The van der Waals surface area contributed by atoms with Crippen LogP contribution in [0.15, 0.2) is 10.9 Å². The molecule has 5 nitrogen and oxygen atoms in total. The summed E-state index contributed by atoms with van der Waals surface area (Å²) < 4.78 is 0. The Morgan fingerprint density at radius 2 is 2.20 bits per heavy atom. The molecule has 1 aromatic rings. The number of aromatic amines is 1. The quantitative estimate of drug-likeness (QED) is 0.710. The Hall–Kier alpha value is -1.78. The maximum Gasteiger partial charge on any atom is 0.254 e. The summed E-state index contributed by atoms with van der Waals surface area (Å²) in [7, 11) is 1.67. The van der Waals surface area contributed by atoms with Crippen LogP contribution in [-0.4, -0.2) is 27.9 Å². The lowest BCUT2D eigenvalue weighted by atomic mass is 10.1. The number of pyridine rings is 1. The first-order valence-electron chi connectivity index (χ1n) is 4.79. The van der Waals surface area contributed by atoms with Crippen molar-refractivity contribution in [3.8, 4) is 5.88 Å². The fourth-order valence-corrected chi connectivity index (χ4v) is 2.07. The summed E-state index contributed by atoms with van der Waals surface area (Å²) in [6.45, 7) is 1.92. The van der Waals surface area contributed by atoms with Gasteiger partial charge in [0.15, 0.2) is 5.88 Å². The second-order valence-electron chi connectivity index (χ2n) is 3.65. The molecule has 0 bridgehead atoms. The zero-order valence-corrected chi connectivity index (χ0v) is 8.57. The molecule has 0 saturated carbocycles. The molecule has 15 heavy (non-hydrogen) atoms. The number of rotatable bonds is 1. The van der Waals surface area contributed by atoms with E-state index in [9.17, 15) is 14.7 Å². The van der Waals surface area contributed by atoms with Gasteiger partial charge in [-0.05, 0) is 6.42 Å². The van der Waals surface area contributed by atoms with Gasteiger partial charge in [0, 0.05) is 18.7 Å². The van der Waals surface area contributed by atoms with Crippen LogP contribution in [0, 0.1) is 0 Å². The third-order valence-corrected chi connectivity index (χ3v) is 2.80. The number of fused-ring (bicyclic) bond motifs is 1. The number of nitrogens with zero attached hydrogens (tertiary/aromatic N) is 1. The normalized spacial score (nSPS) is 19.5. The van der Waals surface area contributed by atoms with Crippen LogP contribution in [0.2, 0.25) is 0 Å². The first-order valence-corrected chi connectivity index (χ1v) is 4.79. The molecular formula is C10H12N2O3. The molecule has 0 radical (unpaired) electrons. The number of hydrogen-bond acceptors (Lipinski definition) is 3. The van der Waals surface area contributed by atoms with E-state index in [1.807, 2.05) is 6.92 Å². The van der Waals surface area contributed by atoms with Crippen molar-refractivity contribution in [1.29, 1.82) is 0 Å². The number of H-pyrrole nitrogens is 1. The standard InChI is InChI=1S/C10H12N2O3/c1-3-6-8-5(10(15)12(6)2)4-7(13)11-9(8)14/h4,6H,3H2,1-2H3,(H2,11,13,14)/t6-/m0/s1. The lowest BCUT2D eigenvalue weighted by Gasteiger charge is -2.18. The smallest absolute Gasteiger partial charge is 0.254 e. The molecule has 0 aromatic carbocycles. The van der Waals surface area contributed by atoms with Crippen molar-refractivity contribution in [3.63, 3.8) is 0 Å². The number of carbonyl (C=O) groups is 1. The van der Waals surface area contributed by atoms with Crippen molar-refractivity contribution in [2.45, 2.75) is 19.4 Å². The topological polar surface area (TPSA) is 73.4 Å². The molecule has 1 aliphatic heterocycles. The van der Waals surface area contributed by atoms with E-state index in [2.05, 4.69) is 4.98 Å². The van der Waals surface area contributed by atoms with Crippen LogP contribution in [0.5, 0.6) is 5.88 Å². The van der Waals surface area contributed by atoms with Gasteiger partial charge in [0.05, 0.1) is 11.6 Å². The summed E-state index contributed by atoms with van der Waals surface area (Å²) in [6.07, 6.45) is 0.703. The molecule has 1 amide bonds. The molecule has 2 rings (SSSR count). The minimum atomic E-state index is -0.454. The van der Waals surface area contributed by atoms with Crippen LogP contribution in [0.1, 0.15) is 35.3 Å². The van der Waals surface area contributed by atoms with Gasteiger partial charge in [0.1, 0.15) is 0 Å². The number of aromatic hydroxyl groups is 1. The van der Waals surface area contributed by atoms with Crippen LogP contribution in [0.3, 0.4) is 0 Å². The average Bonchev–Trinajstić information content (AvgIpc) is 2.42. The van der Waals surface area contributed by atoms with Gasteiger partial charge >= 0.3 is 0 Å². The predicted molar refractivity (Wildman–Crippen MR) is 53.9 cm³/mol. The molecule has 1 aromatic heterocycles.